The van der Waals surface area contributed by atoms with Crippen LogP contribution in [0, 0.1) is 5.41 Å². The molecule has 5 heteroatoms. The summed E-state index contributed by atoms with van der Waals surface area (Å²) < 4.78 is 1.98. The van der Waals surface area contributed by atoms with Crippen LogP contribution in [0.1, 0.15) is 5.56 Å². The summed E-state index contributed by atoms with van der Waals surface area (Å²) in [5.41, 5.74) is 4.94. The number of aromatic nitrogens is 1. The second-order valence-corrected chi connectivity index (χ2v) is 6.53. The monoisotopic (exact) mass is 365 g/mol. The van der Waals surface area contributed by atoms with Crippen molar-refractivity contribution >= 4 is 28.8 Å². The van der Waals surface area contributed by atoms with Crippen molar-refractivity contribution in [3.63, 3.8) is 0 Å². The summed E-state index contributed by atoms with van der Waals surface area (Å²) in [6.45, 7) is 3.81. The number of aliphatic imine (C=N–C) groups is 1. The molecule has 1 aliphatic rings. The summed E-state index contributed by atoms with van der Waals surface area (Å²) in [5.74, 6) is 0.614. The summed E-state index contributed by atoms with van der Waals surface area (Å²) in [7, 11) is 3.84. The molecule has 2 rings (SSSR count). The van der Waals surface area contributed by atoms with Gasteiger partial charge in [-0.1, -0.05) is 30.9 Å². The van der Waals surface area contributed by atoms with Gasteiger partial charge in [0.15, 0.2) is 12.4 Å². The Labute approximate surface area is 159 Å². The Bertz CT molecular complexity index is 824. The molecule has 0 bridgehead atoms. The Kier molecular flexibility index (Phi) is 7.36. The van der Waals surface area contributed by atoms with Gasteiger partial charge in [0.2, 0.25) is 0 Å². The average Bonchev–Trinajstić information content (AvgIpc) is 2.65. The molecule has 0 amide bonds. The second kappa shape index (κ2) is 9.73. The first-order chi connectivity index (χ1) is 12.6. The summed E-state index contributed by atoms with van der Waals surface area (Å²) in [6.07, 6.45) is 17.5. The molecule has 0 fully saturated rings. The van der Waals surface area contributed by atoms with Crippen LogP contribution in [0.25, 0.3) is 5.57 Å². The minimum atomic E-state index is 0.443. The van der Waals surface area contributed by atoms with Crippen LogP contribution in [0.2, 0.25) is 0 Å². The van der Waals surface area contributed by atoms with Crippen molar-refractivity contribution < 1.29 is 4.57 Å². The fraction of sp³-hybridized carbons (Fsp3) is 0.190. The van der Waals surface area contributed by atoms with E-state index in [2.05, 4.69) is 16.9 Å². The van der Waals surface area contributed by atoms with E-state index in [4.69, 9.17) is 5.41 Å². The number of hydrogen-bond acceptors (Lipinski definition) is 4. The number of pyridine rings is 1. The van der Waals surface area contributed by atoms with Gasteiger partial charge in [-0.05, 0) is 29.7 Å². The van der Waals surface area contributed by atoms with E-state index in [0.717, 1.165) is 22.3 Å². The van der Waals surface area contributed by atoms with Crippen LogP contribution >= 0.6 is 11.8 Å². The Morgan fingerprint density at radius 2 is 2.08 bits per heavy atom. The Hall–Kier alpha value is -2.66. The zero-order chi connectivity index (χ0) is 18.9. The summed E-state index contributed by atoms with van der Waals surface area (Å²) >= 11 is 1.64. The van der Waals surface area contributed by atoms with E-state index in [1.165, 1.54) is 0 Å². The van der Waals surface area contributed by atoms with E-state index in [-0.39, 0.29) is 0 Å². The highest BCUT2D eigenvalue weighted by Crippen LogP contribution is 2.27. The first-order valence-corrected chi connectivity index (χ1v) is 9.69. The van der Waals surface area contributed by atoms with Crippen LogP contribution in [0.3, 0.4) is 0 Å². The lowest BCUT2D eigenvalue weighted by Gasteiger charge is -2.19. The van der Waals surface area contributed by atoms with Gasteiger partial charge in [0, 0.05) is 30.3 Å². The zero-order valence-corrected chi connectivity index (χ0v) is 16.3. The van der Waals surface area contributed by atoms with Crippen molar-refractivity contribution in [2.75, 3.05) is 19.2 Å². The Balaban J connectivity index is 2.55. The van der Waals surface area contributed by atoms with E-state index >= 15 is 0 Å². The SMILES string of the molecule is C=CC=C(C=CNC)C1=CC=C(c2cc[n+](C)cc2)C(=N)C1=NCSC. The molecule has 0 aromatic carbocycles. The number of allylic oxidation sites excluding steroid dienone is 8. The minimum Gasteiger partial charge on any atom is -0.394 e. The van der Waals surface area contributed by atoms with E-state index in [9.17, 15) is 0 Å². The smallest absolute Gasteiger partial charge is 0.169 e. The van der Waals surface area contributed by atoms with E-state index in [0.29, 0.717) is 17.3 Å². The summed E-state index contributed by atoms with van der Waals surface area (Å²) in [6, 6.07) is 4.04. The number of rotatable bonds is 7. The molecule has 0 unspecified atom stereocenters. The number of thioether (sulfide) groups is 1. The molecule has 0 saturated carbocycles. The van der Waals surface area contributed by atoms with Crippen LogP contribution in [-0.4, -0.2) is 30.6 Å². The lowest BCUT2D eigenvalue weighted by Crippen LogP contribution is -2.27. The second-order valence-electron chi connectivity index (χ2n) is 5.69. The first-order valence-electron chi connectivity index (χ1n) is 8.30. The fourth-order valence-electron chi connectivity index (χ4n) is 2.57. The van der Waals surface area contributed by atoms with Crippen molar-refractivity contribution in [1.82, 2.24) is 5.32 Å². The van der Waals surface area contributed by atoms with Crippen molar-refractivity contribution in [2.45, 2.75) is 0 Å². The largest absolute Gasteiger partial charge is 0.394 e. The number of aryl methyl sites for hydroxylation is 1. The molecule has 0 saturated heterocycles. The summed E-state index contributed by atoms with van der Waals surface area (Å²) in [5, 5.41) is 11.8. The van der Waals surface area contributed by atoms with E-state index in [1.54, 1.807) is 17.8 Å². The van der Waals surface area contributed by atoms with Gasteiger partial charge in [-0.25, -0.2) is 4.57 Å². The highest BCUT2D eigenvalue weighted by molar-refractivity contribution is 7.98. The molecule has 1 aromatic heterocycles. The van der Waals surface area contributed by atoms with Crippen molar-refractivity contribution in [1.29, 1.82) is 5.41 Å². The average molecular weight is 366 g/mol. The molecule has 0 aliphatic heterocycles. The van der Waals surface area contributed by atoms with Gasteiger partial charge in [-0.15, -0.1) is 11.8 Å². The predicted octanol–water partition coefficient (Wildman–Crippen LogP) is 3.46. The molecule has 4 nitrogen and oxygen atoms in total. The van der Waals surface area contributed by atoms with Crippen molar-refractivity contribution in [2.24, 2.45) is 12.0 Å². The third kappa shape index (κ3) is 4.70. The topological polar surface area (TPSA) is 52.1 Å². The molecular formula is C21H25N4S+. The maximum atomic E-state index is 8.76. The van der Waals surface area contributed by atoms with E-state index in [1.807, 2.05) is 79.9 Å². The molecule has 0 spiro atoms. The molecule has 2 N–H and O–H groups in total. The fourth-order valence-corrected chi connectivity index (χ4v) is 2.83. The molecular weight excluding hydrogens is 340 g/mol. The highest BCUT2D eigenvalue weighted by Gasteiger charge is 2.23. The standard InChI is InChI=1S/C21H25N4S/c1-5-6-16(9-12-23-2)19-8-7-18(17-10-13-25(3)14-11-17)20(22)21(19)24-15-26-4/h5-14,22-23H,1,15H2,2-4H3/q+1. The zero-order valence-electron chi connectivity index (χ0n) is 15.5. The minimum absolute atomic E-state index is 0.443. The number of nitrogens with zero attached hydrogens (tertiary/aromatic N) is 2. The quantitative estimate of drug-likeness (QED) is 0.442. The first kappa shape index (κ1) is 19.7. The van der Waals surface area contributed by atoms with Gasteiger partial charge < -0.3 is 5.32 Å². The third-order valence-corrected chi connectivity index (χ3v) is 4.24. The number of hydrogen-bond donors (Lipinski definition) is 2. The van der Waals surface area contributed by atoms with Gasteiger partial charge in [-0.2, -0.15) is 0 Å². The number of nitrogens with one attached hydrogen (secondary N) is 2. The van der Waals surface area contributed by atoms with Crippen LogP contribution in [0.4, 0.5) is 0 Å². The third-order valence-electron chi connectivity index (χ3n) is 3.86. The lowest BCUT2D eigenvalue weighted by atomic mass is 9.86. The van der Waals surface area contributed by atoms with E-state index < -0.39 is 0 Å². The molecule has 1 heterocycles. The van der Waals surface area contributed by atoms with Gasteiger partial charge in [0.25, 0.3) is 0 Å². The molecule has 0 radical (unpaired) electrons. The van der Waals surface area contributed by atoms with Crippen LogP contribution in [0.15, 0.2) is 83.8 Å². The predicted molar refractivity (Wildman–Crippen MR) is 114 cm³/mol. The molecule has 1 aromatic rings. The molecule has 26 heavy (non-hydrogen) atoms. The Morgan fingerprint density at radius 3 is 2.69 bits per heavy atom. The normalized spacial score (nSPS) is 16.7. The van der Waals surface area contributed by atoms with Crippen molar-refractivity contribution in [3.05, 3.63) is 84.4 Å². The van der Waals surface area contributed by atoms with Crippen LogP contribution in [0.5, 0.6) is 0 Å². The van der Waals surface area contributed by atoms with Crippen LogP contribution < -0.4 is 9.88 Å². The maximum absolute atomic E-state index is 8.76. The lowest BCUT2D eigenvalue weighted by molar-refractivity contribution is -0.671. The van der Waals surface area contributed by atoms with Gasteiger partial charge in [-0.3, -0.25) is 10.4 Å². The molecule has 134 valence electrons. The van der Waals surface area contributed by atoms with Crippen LogP contribution in [-0.2, 0) is 7.05 Å². The Morgan fingerprint density at radius 1 is 1.35 bits per heavy atom. The molecule has 1 aliphatic carbocycles. The van der Waals surface area contributed by atoms with Gasteiger partial charge >= 0.3 is 0 Å². The maximum Gasteiger partial charge on any atom is 0.169 e. The summed E-state index contributed by atoms with van der Waals surface area (Å²) in [4.78, 5) is 4.68. The van der Waals surface area contributed by atoms with Crippen molar-refractivity contribution in [3.8, 4) is 0 Å². The molecule has 0 atom stereocenters. The highest BCUT2D eigenvalue weighted by atomic mass is 32.2. The van der Waals surface area contributed by atoms with Gasteiger partial charge in [0.05, 0.1) is 17.3 Å². The van der Waals surface area contributed by atoms with Gasteiger partial charge in [0.1, 0.15) is 7.05 Å².